The van der Waals surface area contributed by atoms with Gasteiger partial charge < -0.3 is 10.5 Å². The molecule has 2 rings (SSSR count). The van der Waals surface area contributed by atoms with Crippen LogP contribution in [-0.4, -0.2) is 4.92 Å². The first-order chi connectivity index (χ1) is 9.88. The van der Waals surface area contributed by atoms with Gasteiger partial charge in [0.05, 0.1) is 9.40 Å². The summed E-state index contributed by atoms with van der Waals surface area (Å²) in [7, 11) is 0. The third-order valence-electron chi connectivity index (χ3n) is 3.01. The van der Waals surface area contributed by atoms with E-state index in [2.05, 4.69) is 15.9 Å². The first-order valence-electron chi connectivity index (χ1n) is 6.36. The Kier molecular flexibility index (Phi) is 4.59. The second-order valence-electron chi connectivity index (χ2n) is 4.81. The molecule has 6 heteroatoms. The molecule has 0 saturated heterocycles. The maximum absolute atomic E-state index is 11.1. The molecular weight excluding hydrogens is 336 g/mol. The largest absolute Gasteiger partial charge is 0.449 e. The van der Waals surface area contributed by atoms with Gasteiger partial charge in [-0.3, -0.25) is 10.1 Å². The molecular formula is C15H15BrN2O3. The van der Waals surface area contributed by atoms with E-state index in [0.29, 0.717) is 10.2 Å². The number of ether oxygens (including phenoxy) is 1. The van der Waals surface area contributed by atoms with Gasteiger partial charge in [0, 0.05) is 12.1 Å². The van der Waals surface area contributed by atoms with Crippen molar-refractivity contribution in [2.45, 2.75) is 19.9 Å². The zero-order valence-corrected chi connectivity index (χ0v) is 13.3. The van der Waals surface area contributed by atoms with Crippen LogP contribution < -0.4 is 10.5 Å². The Morgan fingerprint density at radius 1 is 1.24 bits per heavy atom. The fourth-order valence-electron chi connectivity index (χ4n) is 1.86. The van der Waals surface area contributed by atoms with E-state index < -0.39 is 4.92 Å². The van der Waals surface area contributed by atoms with Gasteiger partial charge in [-0.2, -0.15) is 0 Å². The number of aryl methyl sites for hydroxylation is 1. The van der Waals surface area contributed by atoms with E-state index in [0.717, 1.165) is 11.1 Å². The molecule has 1 atom stereocenters. The molecule has 2 aromatic carbocycles. The second kappa shape index (κ2) is 6.24. The second-order valence-corrected chi connectivity index (χ2v) is 5.66. The normalized spacial score (nSPS) is 12.0. The van der Waals surface area contributed by atoms with Crippen LogP contribution in [0.4, 0.5) is 5.69 Å². The van der Waals surface area contributed by atoms with E-state index in [4.69, 9.17) is 10.5 Å². The summed E-state index contributed by atoms with van der Waals surface area (Å²) in [4.78, 5) is 10.6. The summed E-state index contributed by atoms with van der Waals surface area (Å²) in [6, 6.07) is 10.2. The lowest BCUT2D eigenvalue weighted by Gasteiger charge is -2.11. The van der Waals surface area contributed by atoms with Crippen molar-refractivity contribution in [3.05, 3.63) is 62.1 Å². The zero-order chi connectivity index (χ0) is 15.6. The Morgan fingerprint density at radius 3 is 2.48 bits per heavy atom. The number of halogens is 1. The maximum Gasteiger partial charge on any atom is 0.311 e. The van der Waals surface area contributed by atoms with Crippen LogP contribution in [0.25, 0.3) is 0 Å². The molecule has 0 aliphatic heterocycles. The topological polar surface area (TPSA) is 78.4 Å². The van der Waals surface area contributed by atoms with E-state index in [1.165, 1.54) is 6.07 Å². The van der Waals surface area contributed by atoms with Crippen molar-refractivity contribution < 1.29 is 9.66 Å². The fraction of sp³-hybridized carbons (Fsp3) is 0.200. The minimum Gasteiger partial charge on any atom is -0.449 e. The van der Waals surface area contributed by atoms with Crippen molar-refractivity contribution in [2.75, 3.05) is 0 Å². The summed E-state index contributed by atoms with van der Waals surface area (Å²) in [5.41, 5.74) is 7.51. The average Bonchev–Trinajstić information content (AvgIpc) is 2.42. The van der Waals surface area contributed by atoms with E-state index in [9.17, 15) is 10.1 Å². The zero-order valence-electron chi connectivity index (χ0n) is 11.7. The summed E-state index contributed by atoms with van der Waals surface area (Å²) >= 11 is 3.40. The summed E-state index contributed by atoms with van der Waals surface area (Å²) < 4.78 is 6.36. The highest BCUT2D eigenvalue weighted by atomic mass is 79.9. The highest BCUT2D eigenvalue weighted by Crippen LogP contribution is 2.36. The van der Waals surface area contributed by atoms with E-state index in [1.807, 2.05) is 19.1 Å². The lowest BCUT2D eigenvalue weighted by Crippen LogP contribution is -2.04. The fourth-order valence-corrected chi connectivity index (χ4v) is 2.34. The third kappa shape index (κ3) is 3.59. The first kappa shape index (κ1) is 15.5. The third-order valence-corrected chi connectivity index (χ3v) is 3.63. The Bertz CT molecular complexity index is 687. The van der Waals surface area contributed by atoms with Crippen LogP contribution in [0.5, 0.6) is 11.5 Å². The van der Waals surface area contributed by atoms with Gasteiger partial charge in [0.2, 0.25) is 5.75 Å². The van der Waals surface area contributed by atoms with Crippen LogP contribution in [0.3, 0.4) is 0 Å². The number of nitrogens with two attached hydrogens (primary N) is 1. The van der Waals surface area contributed by atoms with Crippen molar-refractivity contribution >= 4 is 21.6 Å². The highest BCUT2D eigenvalue weighted by Gasteiger charge is 2.17. The molecule has 0 aliphatic rings. The SMILES string of the molecule is Cc1ccc(Oc2ccc([C@@H](C)N)cc2Br)c([N+](=O)[O-])c1. The van der Waals surface area contributed by atoms with Crippen LogP contribution in [0.15, 0.2) is 40.9 Å². The number of benzene rings is 2. The Morgan fingerprint density at radius 2 is 1.90 bits per heavy atom. The molecule has 0 aromatic heterocycles. The monoisotopic (exact) mass is 350 g/mol. The molecule has 0 aliphatic carbocycles. The minimum absolute atomic E-state index is 0.0573. The van der Waals surface area contributed by atoms with Gasteiger partial charge >= 0.3 is 5.69 Å². The summed E-state index contributed by atoms with van der Waals surface area (Å²) in [6.45, 7) is 3.68. The van der Waals surface area contributed by atoms with Gasteiger partial charge in [-0.15, -0.1) is 0 Å². The molecule has 0 spiro atoms. The van der Waals surface area contributed by atoms with Gasteiger partial charge in [0.1, 0.15) is 5.75 Å². The predicted octanol–water partition coefficient (Wildman–Crippen LogP) is 4.48. The number of rotatable bonds is 4. The standard InChI is InChI=1S/C15H15BrN2O3/c1-9-3-5-15(13(7-9)18(19)20)21-14-6-4-11(10(2)17)8-12(14)16/h3-8,10H,17H2,1-2H3/t10-/m1/s1. The van der Waals surface area contributed by atoms with E-state index in [-0.39, 0.29) is 17.5 Å². The molecule has 110 valence electrons. The number of nitrogens with zero attached hydrogens (tertiary/aromatic N) is 1. The molecule has 0 saturated carbocycles. The number of nitro benzene ring substituents is 1. The predicted molar refractivity (Wildman–Crippen MR) is 84.7 cm³/mol. The van der Waals surface area contributed by atoms with Crippen molar-refractivity contribution in [3.8, 4) is 11.5 Å². The van der Waals surface area contributed by atoms with Gasteiger partial charge in [0.15, 0.2) is 0 Å². The molecule has 0 radical (unpaired) electrons. The van der Waals surface area contributed by atoms with E-state index >= 15 is 0 Å². The smallest absolute Gasteiger partial charge is 0.311 e. The van der Waals surface area contributed by atoms with Crippen LogP contribution in [0.1, 0.15) is 24.1 Å². The molecule has 0 amide bonds. The first-order valence-corrected chi connectivity index (χ1v) is 7.15. The van der Waals surface area contributed by atoms with Crippen LogP contribution in [0.2, 0.25) is 0 Å². The minimum atomic E-state index is -0.452. The number of hydrogen-bond acceptors (Lipinski definition) is 4. The van der Waals surface area contributed by atoms with Crippen molar-refractivity contribution in [2.24, 2.45) is 5.73 Å². The number of nitro groups is 1. The van der Waals surface area contributed by atoms with Gasteiger partial charge in [0.25, 0.3) is 0 Å². The Hall–Kier alpha value is -1.92. The lowest BCUT2D eigenvalue weighted by molar-refractivity contribution is -0.385. The van der Waals surface area contributed by atoms with Crippen LogP contribution >= 0.6 is 15.9 Å². The Balaban J connectivity index is 2.37. The Labute approximate surface area is 131 Å². The lowest BCUT2D eigenvalue weighted by atomic mass is 10.1. The van der Waals surface area contributed by atoms with Crippen molar-refractivity contribution in [1.29, 1.82) is 0 Å². The van der Waals surface area contributed by atoms with Crippen LogP contribution in [0, 0.1) is 17.0 Å². The molecule has 0 heterocycles. The summed E-state index contributed by atoms with van der Waals surface area (Å²) in [6.07, 6.45) is 0. The molecule has 0 unspecified atom stereocenters. The molecule has 2 aromatic rings. The van der Waals surface area contributed by atoms with Gasteiger partial charge in [-0.25, -0.2) is 0 Å². The molecule has 2 N–H and O–H groups in total. The molecule has 0 fully saturated rings. The quantitative estimate of drug-likeness (QED) is 0.651. The van der Waals surface area contributed by atoms with Crippen LogP contribution in [-0.2, 0) is 0 Å². The summed E-state index contributed by atoms with van der Waals surface area (Å²) in [5, 5.41) is 11.1. The highest BCUT2D eigenvalue weighted by molar-refractivity contribution is 9.10. The average molecular weight is 351 g/mol. The van der Waals surface area contributed by atoms with Gasteiger partial charge in [-0.05, 0) is 59.1 Å². The number of hydrogen-bond donors (Lipinski definition) is 1. The molecule has 0 bridgehead atoms. The molecule has 5 nitrogen and oxygen atoms in total. The summed E-state index contributed by atoms with van der Waals surface area (Å²) in [5.74, 6) is 0.714. The maximum atomic E-state index is 11.1. The molecule has 21 heavy (non-hydrogen) atoms. The van der Waals surface area contributed by atoms with Crippen molar-refractivity contribution in [3.63, 3.8) is 0 Å². The van der Waals surface area contributed by atoms with Crippen molar-refractivity contribution in [1.82, 2.24) is 0 Å². The van der Waals surface area contributed by atoms with Gasteiger partial charge in [-0.1, -0.05) is 12.1 Å². The van der Waals surface area contributed by atoms with E-state index in [1.54, 1.807) is 25.1 Å².